The first-order valence-electron chi connectivity index (χ1n) is 11.5. The monoisotopic (exact) mass is 477 g/mol. The van der Waals surface area contributed by atoms with Crippen molar-refractivity contribution in [3.05, 3.63) is 143 Å². The molecule has 5 heteroatoms. The second kappa shape index (κ2) is 10.4. The van der Waals surface area contributed by atoms with Crippen LogP contribution >= 0.6 is 11.6 Å². The van der Waals surface area contributed by atoms with Gasteiger partial charge in [-0.15, -0.1) is 0 Å². The molecule has 0 saturated carbocycles. The highest BCUT2D eigenvalue weighted by Crippen LogP contribution is 2.24. The fraction of sp³-hybridized carbons (Fsp3) is 0.0667. The van der Waals surface area contributed by atoms with Gasteiger partial charge in [-0.2, -0.15) is 5.10 Å². The molecule has 4 aromatic carbocycles. The van der Waals surface area contributed by atoms with E-state index in [9.17, 15) is 4.79 Å². The van der Waals surface area contributed by atoms with Gasteiger partial charge >= 0.3 is 0 Å². The lowest BCUT2D eigenvalue weighted by molar-refractivity contribution is 0.0928. The third-order valence-corrected chi connectivity index (χ3v) is 6.12. The zero-order valence-corrected chi connectivity index (χ0v) is 19.8. The molecule has 35 heavy (non-hydrogen) atoms. The molecule has 0 bridgehead atoms. The number of hydrogen-bond acceptors (Lipinski definition) is 2. The van der Waals surface area contributed by atoms with Crippen LogP contribution in [0.25, 0.3) is 16.9 Å². The Morgan fingerprint density at radius 2 is 1.40 bits per heavy atom. The molecule has 0 aliphatic carbocycles. The number of hydrogen-bond donors (Lipinski definition) is 1. The van der Waals surface area contributed by atoms with Crippen LogP contribution in [0, 0.1) is 0 Å². The Balaban J connectivity index is 1.52. The maximum Gasteiger partial charge on any atom is 0.270 e. The molecule has 1 N–H and O–H groups in total. The van der Waals surface area contributed by atoms with Crippen LogP contribution < -0.4 is 5.32 Å². The Morgan fingerprint density at radius 3 is 2.06 bits per heavy atom. The quantitative estimate of drug-likeness (QED) is 0.277. The van der Waals surface area contributed by atoms with Crippen molar-refractivity contribution in [1.29, 1.82) is 0 Å². The lowest BCUT2D eigenvalue weighted by Crippen LogP contribution is -2.31. The van der Waals surface area contributed by atoms with Crippen molar-refractivity contribution in [2.24, 2.45) is 0 Å². The number of benzene rings is 4. The molecule has 1 amide bonds. The molecule has 0 radical (unpaired) electrons. The highest BCUT2D eigenvalue weighted by atomic mass is 35.5. The molecule has 5 rings (SSSR count). The first-order valence-corrected chi connectivity index (χ1v) is 11.9. The molecule has 5 aromatic rings. The van der Waals surface area contributed by atoms with Gasteiger partial charge < -0.3 is 5.32 Å². The average Bonchev–Trinajstić information content (AvgIpc) is 3.36. The summed E-state index contributed by atoms with van der Waals surface area (Å²) in [6.45, 7) is 0. The standard InChI is InChI=1S/C30H24ClN3O/c31-25-16-18-26(19-17-25)34-29(21-28(33-34)24-14-8-3-9-15-24)30(35)32-27(23-12-6-2-7-13-23)20-22-10-4-1-5-11-22/h1-19,21,27H,20H2,(H,32,35). The van der Waals surface area contributed by atoms with Crippen molar-refractivity contribution >= 4 is 17.5 Å². The predicted molar refractivity (Wildman–Crippen MR) is 141 cm³/mol. The summed E-state index contributed by atoms with van der Waals surface area (Å²) in [5, 5.41) is 8.66. The van der Waals surface area contributed by atoms with Crippen molar-refractivity contribution in [3.63, 3.8) is 0 Å². The summed E-state index contributed by atoms with van der Waals surface area (Å²) in [4.78, 5) is 13.7. The molecule has 0 aliphatic rings. The highest BCUT2D eigenvalue weighted by molar-refractivity contribution is 6.30. The van der Waals surface area contributed by atoms with E-state index in [1.807, 2.05) is 97.1 Å². The van der Waals surface area contributed by atoms with Crippen LogP contribution in [-0.4, -0.2) is 15.7 Å². The number of aromatic nitrogens is 2. The molecule has 1 atom stereocenters. The summed E-state index contributed by atoms with van der Waals surface area (Å²) in [5.41, 5.74) is 5.09. The van der Waals surface area contributed by atoms with E-state index in [1.54, 1.807) is 16.8 Å². The van der Waals surface area contributed by atoms with Crippen LogP contribution in [0.3, 0.4) is 0 Å². The summed E-state index contributed by atoms with van der Waals surface area (Å²) in [6, 6.07) is 39.0. The van der Waals surface area contributed by atoms with E-state index in [1.165, 1.54) is 0 Å². The highest BCUT2D eigenvalue weighted by Gasteiger charge is 2.22. The minimum absolute atomic E-state index is 0.195. The molecule has 172 valence electrons. The summed E-state index contributed by atoms with van der Waals surface area (Å²) in [5.74, 6) is -0.195. The van der Waals surface area contributed by atoms with Crippen LogP contribution in [0.1, 0.15) is 27.7 Å². The number of nitrogens with zero attached hydrogens (tertiary/aromatic N) is 2. The summed E-state index contributed by atoms with van der Waals surface area (Å²) in [7, 11) is 0. The zero-order chi connectivity index (χ0) is 24.0. The number of carbonyl (C=O) groups excluding carboxylic acids is 1. The van der Waals surface area contributed by atoms with Crippen molar-refractivity contribution < 1.29 is 4.79 Å². The smallest absolute Gasteiger partial charge is 0.270 e. The summed E-state index contributed by atoms with van der Waals surface area (Å²) in [6.07, 6.45) is 0.678. The van der Waals surface area contributed by atoms with Gasteiger partial charge in [0.2, 0.25) is 0 Å². The van der Waals surface area contributed by atoms with Crippen molar-refractivity contribution in [2.75, 3.05) is 0 Å². The molecule has 1 heterocycles. The van der Waals surface area contributed by atoms with Crippen LogP contribution in [-0.2, 0) is 6.42 Å². The fourth-order valence-corrected chi connectivity index (χ4v) is 4.22. The second-order valence-electron chi connectivity index (χ2n) is 8.30. The lowest BCUT2D eigenvalue weighted by Gasteiger charge is -2.20. The second-order valence-corrected chi connectivity index (χ2v) is 8.73. The predicted octanol–water partition coefficient (Wildman–Crippen LogP) is 6.91. The van der Waals surface area contributed by atoms with Crippen LogP contribution in [0.4, 0.5) is 0 Å². The molecule has 1 unspecified atom stereocenters. The molecule has 1 aromatic heterocycles. The largest absolute Gasteiger partial charge is 0.344 e. The van der Waals surface area contributed by atoms with E-state index in [2.05, 4.69) is 17.4 Å². The molecule has 0 fully saturated rings. The van der Waals surface area contributed by atoms with Gasteiger partial charge in [0.1, 0.15) is 5.69 Å². The van der Waals surface area contributed by atoms with E-state index < -0.39 is 0 Å². The van der Waals surface area contributed by atoms with Crippen LogP contribution in [0.5, 0.6) is 0 Å². The molecule has 0 saturated heterocycles. The fourth-order valence-electron chi connectivity index (χ4n) is 4.09. The van der Waals surface area contributed by atoms with Crippen molar-refractivity contribution in [2.45, 2.75) is 12.5 Å². The SMILES string of the molecule is O=C(NC(Cc1ccccc1)c1ccccc1)c1cc(-c2ccccc2)nn1-c1ccc(Cl)cc1. The van der Waals surface area contributed by atoms with E-state index in [-0.39, 0.29) is 11.9 Å². The Morgan fingerprint density at radius 1 is 0.800 bits per heavy atom. The lowest BCUT2D eigenvalue weighted by atomic mass is 9.98. The van der Waals surface area contributed by atoms with Gasteiger partial charge in [0, 0.05) is 10.6 Å². The van der Waals surface area contributed by atoms with Gasteiger partial charge in [-0.25, -0.2) is 4.68 Å². The van der Waals surface area contributed by atoms with Gasteiger partial charge in [-0.1, -0.05) is 103 Å². The van der Waals surface area contributed by atoms with Gasteiger partial charge in [0.25, 0.3) is 5.91 Å². The van der Waals surface area contributed by atoms with Gasteiger partial charge in [0.15, 0.2) is 0 Å². The molecule has 0 aliphatic heterocycles. The third kappa shape index (κ3) is 5.34. The maximum atomic E-state index is 13.7. The molecular weight excluding hydrogens is 454 g/mol. The van der Waals surface area contributed by atoms with Crippen molar-refractivity contribution in [1.82, 2.24) is 15.1 Å². The number of carbonyl (C=O) groups is 1. The summed E-state index contributed by atoms with van der Waals surface area (Å²) >= 11 is 6.11. The van der Waals surface area contributed by atoms with Crippen LogP contribution in [0.15, 0.2) is 121 Å². The van der Waals surface area contributed by atoms with E-state index in [0.29, 0.717) is 17.1 Å². The van der Waals surface area contributed by atoms with E-state index in [4.69, 9.17) is 16.7 Å². The summed E-state index contributed by atoms with van der Waals surface area (Å²) < 4.78 is 1.68. The first kappa shape index (κ1) is 22.6. The van der Waals surface area contributed by atoms with Gasteiger partial charge in [-0.3, -0.25) is 4.79 Å². The van der Waals surface area contributed by atoms with E-state index >= 15 is 0 Å². The maximum absolute atomic E-state index is 13.7. The van der Waals surface area contributed by atoms with E-state index in [0.717, 1.165) is 28.1 Å². The zero-order valence-electron chi connectivity index (χ0n) is 19.0. The normalized spacial score (nSPS) is 11.7. The molecular formula is C30H24ClN3O. The molecule has 0 spiro atoms. The minimum atomic E-state index is -0.195. The Bertz CT molecular complexity index is 1400. The van der Waals surface area contributed by atoms with Gasteiger partial charge in [0.05, 0.1) is 17.4 Å². The Kier molecular flexibility index (Phi) is 6.73. The van der Waals surface area contributed by atoms with Crippen molar-refractivity contribution in [3.8, 4) is 16.9 Å². The number of halogens is 1. The Hall–Kier alpha value is -4.15. The van der Waals surface area contributed by atoms with Gasteiger partial charge in [-0.05, 0) is 47.9 Å². The minimum Gasteiger partial charge on any atom is -0.344 e. The number of amides is 1. The topological polar surface area (TPSA) is 46.9 Å². The first-order chi connectivity index (χ1) is 17.2. The van der Waals surface area contributed by atoms with Crippen LogP contribution in [0.2, 0.25) is 5.02 Å². The number of nitrogens with one attached hydrogen (secondary N) is 1. The molecule has 4 nitrogen and oxygen atoms in total. The number of rotatable bonds is 7. The third-order valence-electron chi connectivity index (χ3n) is 5.87. The Labute approximate surface area is 209 Å². The average molecular weight is 478 g/mol.